The molecule has 2 rings (SSSR count). The lowest BCUT2D eigenvalue weighted by Gasteiger charge is -2.27. The van der Waals surface area contributed by atoms with Crippen LogP contribution in [0.4, 0.5) is 11.4 Å². The van der Waals surface area contributed by atoms with E-state index in [9.17, 15) is 4.79 Å². The Balaban J connectivity index is 2.21. The number of carbonyl (C=O) groups is 1. The minimum Gasteiger partial charge on any atom is -0.399 e. The Labute approximate surface area is 120 Å². The molecule has 0 radical (unpaired) electrons. The van der Waals surface area contributed by atoms with Crippen molar-refractivity contribution in [3.8, 4) is 0 Å². The highest BCUT2D eigenvalue weighted by Gasteiger charge is 2.35. The van der Waals surface area contributed by atoms with E-state index in [2.05, 4.69) is 13.8 Å². The van der Waals surface area contributed by atoms with Crippen LogP contribution in [0.25, 0.3) is 0 Å². The zero-order valence-corrected chi connectivity index (χ0v) is 12.3. The van der Waals surface area contributed by atoms with Gasteiger partial charge in [0.15, 0.2) is 0 Å². The Kier molecular flexibility index (Phi) is 5.01. The van der Waals surface area contributed by atoms with Crippen molar-refractivity contribution in [1.82, 2.24) is 0 Å². The van der Waals surface area contributed by atoms with Gasteiger partial charge in [0.25, 0.3) is 0 Å². The molecule has 2 unspecified atom stereocenters. The lowest BCUT2D eigenvalue weighted by atomic mass is 9.97. The summed E-state index contributed by atoms with van der Waals surface area (Å²) < 4.78 is 5.65. The number of hydrogen-bond donors (Lipinski definition) is 1. The van der Waals surface area contributed by atoms with Crippen molar-refractivity contribution in [3.05, 3.63) is 24.3 Å². The van der Waals surface area contributed by atoms with E-state index in [-0.39, 0.29) is 17.9 Å². The van der Waals surface area contributed by atoms with Crippen molar-refractivity contribution < 1.29 is 9.53 Å². The average Bonchev–Trinajstić information content (AvgIpc) is 2.92. The zero-order chi connectivity index (χ0) is 14.5. The third-order valence-corrected chi connectivity index (χ3v) is 3.82. The lowest BCUT2D eigenvalue weighted by molar-refractivity contribution is -0.124. The first-order chi connectivity index (χ1) is 9.67. The predicted molar refractivity (Wildman–Crippen MR) is 81.6 cm³/mol. The first-order valence-corrected chi connectivity index (χ1v) is 7.45. The molecular formula is C16H24N2O2. The maximum atomic E-state index is 12.8. The van der Waals surface area contributed by atoms with Gasteiger partial charge in [0.2, 0.25) is 5.91 Å². The predicted octanol–water partition coefficient (Wildman–Crippen LogP) is 2.83. The van der Waals surface area contributed by atoms with Crippen LogP contribution in [0.2, 0.25) is 0 Å². The van der Waals surface area contributed by atoms with Crippen molar-refractivity contribution in [2.75, 3.05) is 23.8 Å². The third-order valence-electron chi connectivity index (χ3n) is 3.82. The minimum absolute atomic E-state index is 0.0204. The van der Waals surface area contributed by atoms with Crippen LogP contribution >= 0.6 is 0 Å². The summed E-state index contributed by atoms with van der Waals surface area (Å²) >= 11 is 0. The quantitative estimate of drug-likeness (QED) is 0.841. The van der Waals surface area contributed by atoms with Crippen LogP contribution in [0.5, 0.6) is 0 Å². The molecule has 1 aromatic rings. The maximum Gasteiger partial charge on any atom is 0.232 e. The summed E-state index contributed by atoms with van der Waals surface area (Å²) in [6, 6.07) is 7.54. The van der Waals surface area contributed by atoms with Crippen LogP contribution in [-0.4, -0.2) is 25.2 Å². The second kappa shape index (κ2) is 6.75. The number of ether oxygens (including phenoxy) is 1. The van der Waals surface area contributed by atoms with Crippen molar-refractivity contribution in [2.24, 2.45) is 5.92 Å². The molecule has 1 aliphatic rings. The second-order valence-electron chi connectivity index (χ2n) is 5.30. The molecular weight excluding hydrogens is 252 g/mol. The van der Waals surface area contributed by atoms with Gasteiger partial charge < -0.3 is 15.4 Å². The summed E-state index contributed by atoms with van der Waals surface area (Å²) in [6.07, 6.45) is 2.68. The molecule has 4 nitrogen and oxygen atoms in total. The van der Waals surface area contributed by atoms with E-state index in [1.807, 2.05) is 29.2 Å². The van der Waals surface area contributed by atoms with Gasteiger partial charge in [-0.1, -0.05) is 19.9 Å². The summed E-state index contributed by atoms with van der Waals surface area (Å²) in [5.41, 5.74) is 7.41. The smallest absolute Gasteiger partial charge is 0.232 e. The number of amides is 1. The molecule has 0 bridgehead atoms. The Morgan fingerprint density at radius 2 is 2.25 bits per heavy atom. The summed E-state index contributed by atoms with van der Waals surface area (Å²) in [5.74, 6) is 0.148. The topological polar surface area (TPSA) is 55.6 Å². The maximum absolute atomic E-state index is 12.8. The first kappa shape index (κ1) is 14.9. The van der Waals surface area contributed by atoms with Gasteiger partial charge in [-0.2, -0.15) is 0 Å². The molecule has 2 N–H and O–H groups in total. The standard InChI is InChI=1S/C16H24N2O2/c1-3-9-18(13-7-5-6-12(17)11-13)16(19)14-8-10-20-15(14)4-2/h5-7,11,14-15H,3-4,8-10,17H2,1-2H3. The van der Waals surface area contributed by atoms with Crippen LogP contribution in [-0.2, 0) is 9.53 Å². The first-order valence-electron chi connectivity index (χ1n) is 7.45. The van der Waals surface area contributed by atoms with E-state index < -0.39 is 0 Å². The Morgan fingerprint density at radius 3 is 2.90 bits per heavy atom. The highest BCUT2D eigenvalue weighted by Crippen LogP contribution is 2.28. The van der Waals surface area contributed by atoms with Gasteiger partial charge >= 0.3 is 0 Å². The summed E-state index contributed by atoms with van der Waals surface area (Å²) in [6.45, 7) is 5.55. The molecule has 2 atom stereocenters. The van der Waals surface area contributed by atoms with Crippen molar-refractivity contribution in [3.63, 3.8) is 0 Å². The van der Waals surface area contributed by atoms with E-state index in [0.717, 1.165) is 31.5 Å². The number of rotatable bonds is 5. The van der Waals surface area contributed by atoms with Crippen LogP contribution in [0.1, 0.15) is 33.1 Å². The van der Waals surface area contributed by atoms with Gasteiger partial charge in [-0.15, -0.1) is 0 Å². The Bertz CT molecular complexity index is 462. The molecule has 20 heavy (non-hydrogen) atoms. The van der Waals surface area contributed by atoms with E-state index in [1.54, 1.807) is 0 Å². The normalized spacial score (nSPS) is 21.9. The van der Waals surface area contributed by atoms with E-state index in [1.165, 1.54) is 0 Å². The minimum atomic E-state index is -0.0204. The molecule has 4 heteroatoms. The summed E-state index contributed by atoms with van der Waals surface area (Å²) in [7, 11) is 0. The Hall–Kier alpha value is -1.55. The molecule has 1 heterocycles. The number of hydrogen-bond acceptors (Lipinski definition) is 3. The van der Waals surface area contributed by atoms with Crippen molar-refractivity contribution in [2.45, 2.75) is 39.2 Å². The van der Waals surface area contributed by atoms with E-state index >= 15 is 0 Å². The third kappa shape index (κ3) is 3.12. The van der Waals surface area contributed by atoms with Crippen molar-refractivity contribution >= 4 is 17.3 Å². The van der Waals surface area contributed by atoms with Crippen LogP contribution in [0.15, 0.2) is 24.3 Å². The fourth-order valence-corrected chi connectivity index (χ4v) is 2.82. The summed E-state index contributed by atoms with van der Waals surface area (Å²) in [5, 5.41) is 0. The van der Waals surface area contributed by atoms with Gasteiger partial charge in [-0.3, -0.25) is 4.79 Å². The molecule has 1 fully saturated rings. The summed E-state index contributed by atoms with van der Waals surface area (Å²) in [4.78, 5) is 14.7. The molecule has 0 aromatic heterocycles. The number of nitrogens with zero attached hydrogens (tertiary/aromatic N) is 1. The number of anilines is 2. The fraction of sp³-hybridized carbons (Fsp3) is 0.562. The molecule has 1 aromatic carbocycles. The van der Waals surface area contributed by atoms with E-state index in [4.69, 9.17) is 10.5 Å². The van der Waals surface area contributed by atoms with Gasteiger partial charge in [-0.25, -0.2) is 0 Å². The zero-order valence-electron chi connectivity index (χ0n) is 12.3. The van der Waals surface area contributed by atoms with Crippen LogP contribution in [0, 0.1) is 5.92 Å². The molecule has 0 spiro atoms. The largest absolute Gasteiger partial charge is 0.399 e. The number of nitrogens with two attached hydrogens (primary N) is 1. The monoisotopic (exact) mass is 276 g/mol. The molecule has 1 saturated heterocycles. The second-order valence-corrected chi connectivity index (χ2v) is 5.30. The molecule has 0 saturated carbocycles. The highest BCUT2D eigenvalue weighted by atomic mass is 16.5. The van der Waals surface area contributed by atoms with Crippen LogP contribution in [0.3, 0.4) is 0 Å². The average molecular weight is 276 g/mol. The molecule has 1 amide bonds. The highest BCUT2D eigenvalue weighted by molar-refractivity contribution is 5.96. The van der Waals surface area contributed by atoms with Gasteiger partial charge in [0.1, 0.15) is 0 Å². The molecule has 0 aliphatic carbocycles. The Morgan fingerprint density at radius 1 is 1.45 bits per heavy atom. The SMILES string of the molecule is CCCN(C(=O)C1CCOC1CC)c1cccc(N)c1. The molecule has 110 valence electrons. The number of benzene rings is 1. The van der Waals surface area contributed by atoms with E-state index in [0.29, 0.717) is 12.3 Å². The van der Waals surface area contributed by atoms with Gasteiger partial charge in [0, 0.05) is 24.5 Å². The van der Waals surface area contributed by atoms with Crippen LogP contribution < -0.4 is 10.6 Å². The number of carbonyl (C=O) groups excluding carboxylic acids is 1. The molecule has 1 aliphatic heterocycles. The van der Waals surface area contributed by atoms with Crippen molar-refractivity contribution in [1.29, 1.82) is 0 Å². The van der Waals surface area contributed by atoms with Gasteiger partial charge in [-0.05, 0) is 37.5 Å². The lowest BCUT2D eigenvalue weighted by Crippen LogP contribution is -2.39. The van der Waals surface area contributed by atoms with Gasteiger partial charge in [0.05, 0.1) is 12.0 Å². The fourth-order valence-electron chi connectivity index (χ4n) is 2.82. The number of nitrogen functional groups attached to an aromatic ring is 1.